The van der Waals surface area contributed by atoms with Crippen LogP contribution in [-0.2, 0) is 14.4 Å². The summed E-state index contributed by atoms with van der Waals surface area (Å²) in [5, 5.41) is 3.06. The Kier molecular flexibility index (Phi) is 3.17. The minimum absolute atomic E-state index is 0.154. The van der Waals surface area contributed by atoms with Gasteiger partial charge in [-0.05, 0) is 18.6 Å². The van der Waals surface area contributed by atoms with Gasteiger partial charge in [0.1, 0.15) is 0 Å². The lowest BCUT2D eigenvalue weighted by Gasteiger charge is -2.13. The van der Waals surface area contributed by atoms with Crippen LogP contribution in [0.1, 0.15) is 33.6 Å². The summed E-state index contributed by atoms with van der Waals surface area (Å²) < 4.78 is 0. The van der Waals surface area contributed by atoms with E-state index in [9.17, 15) is 19.2 Å². The van der Waals surface area contributed by atoms with Crippen molar-refractivity contribution in [3.63, 3.8) is 0 Å². The summed E-state index contributed by atoms with van der Waals surface area (Å²) in [5.41, 5.74) is 0.405. The highest BCUT2D eigenvalue weighted by atomic mass is 16.7. The van der Waals surface area contributed by atoms with Crippen LogP contribution in [0.2, 0.25) is 0 Å². The number of nitrogens with zero attached hydrogens (tertiary/aromatic N) is 1. The summed E-state index contributed by atoms with van der Waals surface area (Å²) in [6.45, 7) is 0.518. The highest BCUT2D eigenvalue weighted by molar-refractivity contribution is 6.20. The number of hydrogen-bond acceptors (Lipinski definition) is 5. The number of hydrogen-bond donors (Lipinski definition) is 1. The van der Waals surface area contributed by atoms with Crippen LogP contribution < -0.4 is 5.32 Å². The monoisotopic (exact) mass is 288 g/mol. The average Bonchev–Trinajstić information content (AvgIpc) is 2.97. The summed E-state index contributed by atoms with van der Waals surface area (Å²) in [5.74, 6) is -2.78. The fourth-order valence-electron chi connectivity index (χ4n) is 2.43. The van der Waals surface area contributed by atoms with Crippen molar-refractivity contribution in [3.8, 4) is 0 Å². The predicted molar refractivity (Wildman–Crippen MR) is 68.8 cm³/mol. The molecule has 0 aromatic heterocycles. The molecule has 1 N–H and O–H groups in total. The standard InChI is InChI=1S/C14H12N2O5/c17-11(7-8-5-6-15-12(8)18)21-16-13(19)9-3-1-2-4-10(9)14(16)20/h1-4,8H,5-7H2,(H,15,18). The minimum Gasteiger partial charge on any atom is -0.356 e. The quantitative estimate of drug-likeness (QED) is 0.806. The third-order valence-electron chi connectivity index (χ3n) is 3.53. The smallest absolute Gasteiger partial charge is 0.334 e. The second kappa shape index (κ2) is 5.01. The number of amides is 3. The van der Waals surface area contributed by atoms with Crippen LogP contribution in [0.5, 0.6) is 0 Å². The fourth-order valence-corrected chi connectivity index (χ4v) is 2.43. The molecule has 2 heterocycles. The molecule has 0 radical (unpaired) electrons. The third-order valence-corrected chi connectivity index (χ3v) is 3.53. The van der Waals surface area contributed by atoms with Gasteiger partial charge in [-0.25, -0.2) is 4.79 Å². The Balaban J connectivity index is 1.69. The van der Waals surface area contributed by atoms with E-state index in [1.165, 1.54) is 12.1 Å². The largest absolute Gasteiger partial charge is 0.356 e. The van der Waals surface area contributed by atoms with Gasteiger partial charge in [-0.15, -0.1) is 0 Å². The van der Waals surface area contributed by atoms with Gasteiger partial charge < -0.3 is 10.2 Å². The predicted octanol–water partition coefficient (Wildman–Crippen LogP) is 0.267. The van der Waals surface area contributed by atoms with Crippen LogP contribution in [0.3, 0.4) is 0 Å². The van der Waals surface area contributed by atoms with E-state index in [1.807, 2.05) is 0 Å². The molecule has 1 aromatic carbocycles. The molecule has 1 fully saturated rings. The summed E-state index contributed by atoms with van der Waals surface area (Å²) >= 11 is 0. The number of fused-ring (bicyclic) bond motifs is 1. The molecule has 0 spiro atoms. The van der Waals surface area contributed by atoms with E-state index in [-0.39, 0.29) is 23.5 Å². The zero-order chi connectivity index (χ0) is 15.0. The zero-order valence-electron chi connectivity index (χ0n) is 11.0. The van der Waals surface area contributed by atoms with E-state index in [1.54, 1.807) is 12.1 Å². The van der Waals surface area contributed by atoms with Gasteiger partial charge in [-0.3, -0.25) is 14.4 Å². The number of carbonyl (C=O) groups excluding carboxylic acids is 4. The van der Waals surface area contributed by atoms with E-state index in [0.29, 0.717) is 18.0 Å². The Morgan fingerprint density at radius 3 is 2.33 bits per heavy atom. The number of nitrogens with one attached hydrogen (secondary N) is 1. The Morgan fingerprint density at radius 2 is 1.81 bits per heavy atom. The van der Waals surface area contributed by atoms with Crippen molar-refractivity contribution in [2.24, 2.45) is 5.92 Å². The van der Waals surface area contributed by atoms with Crippen LogP contribution in [0.15, 0.2) is 24.3 Å². The van der Waals surface area contributed by atoms with E-state index < -0.39 is 23.7 Å². The van der Waals surface area contributed by atoms with Gasteiger partial charge in [0.25, 0.3) is 11.8 Å². The van der Waals surface area contributed by atoms with Crippen molar-refractivity contribution >= 4 is 23.7 Å². The maximum Gasteiger partial charge on any atom is 0.334 e. The first kappa shape index (κ1) is 13.3. The van der Waals surface area contributed by atoms with Crippen LogP contribution in [0.4, 0.5) is 0 Å². The number of benzene rings is 1. The lowest BCUT2D eigenvalue weighted by Crippen LogP contribution is -2.33. The molecule has 1 atom stereocenters. The molecule has 7 heteroatoms. The molecule has 0 saturated carbocycles. The first-order valence-corrected chi connectivity index (χ1v) is 6.54. The van der Waals surface area contributed by atoms with E-state index in [2.05, 4.69) is 5.32 Å². The molecule has 1 unspecified atom stereocenters. The lowest BCUT2D eigenvalue weighted by molar-refractivity contribution is -0.170. The number of rotatable bonds is 3. The highest BCUT2D eigenvalue weighted by Crippen LogP contribution is 2.23. The molecular weight excluding hydrogens is 276 g/mol. The van der Waals surface area contributed by atoms with Gasteiger partial charge >= 0.3 is 5.97 Å². The molecule has 2 aliphatic rings. The molecule has 0 aliphatic carbocycles. The van der Waals surface area contributed by atoms with Crippen molar-refractivity contribution in [1.82, 2.24) is 10.4 Å². The van der Waals surface area contributed by atoms with Gasteiger partial charge in [0.2, 0.25) is 5.91 Å². The maximum atomic E-state index is 12.0. The van der Waals surface area contributed by atoms with Crippen molar-refractivity contribution in [1.29, 1.82) is 0 Å². The summed E-state index contributed by atoms with van der Waals surface area (Å²) in [4.78, 5) is 52.0. The molecule has 7 nitrogen and oxygen atoms in total. The third kappa shape index (κ3) is 2.26. The molecule has 1 aromatic rings. The van der Waals surface area contributed by atoms with Gasteiger partial charge in [-0.1, -0.05) is 17.2 Å². The number of carbonyl (C=O) groups is 4. The molecule has 3 rings (SSSR count). The Hall–Kier alpha value is -2.70. The summed E-state index contributed by atoms with van der Waals surface area (Å²) in [6.07, 6.45) is 0.384. The van der Waals surface area contributed by atoms with E-state index in [0.717, 1.165) is 0 Å². The Bertz CT molecular complexity index is 620. The topological polar surface area (TPSA) is 92.8 Å². The molecule has 0 bridgehead atoms. The summed E-state index contributed by atoms with van der Waals surface area (Å²) in [6, 6.07) is 6.23. The van der Waals surface area contributed by atoms with E-state index in [4.69, 9.17) is 4.84 Å². The van der Waals surface area contributed by atoms with Crippen molar-refractivity contribution < 1.29 is 24.0 Å². The number of imide groups is 1. The summed E-state index contributed by atoms with van der Waals surface area (Å²) in [7, 11) is 0. The molecule has 21 heavy (non-hydrogen) atoms. The maximum absolute atomic E-state index is 12.0. The van der Waals surface area contributed by atoms with E-state index >= 15 is 0 Å². The average molecular weight is 288 g/mol. The second-order valence-electron chi connectivity index (χ2n) is 4.89. The molecule has 2 aliphatic heterocycles. The lowest BCUT2D eigenvalue weighted by atomic mass is 10.1. The van der Waals surface area contributed by atoms with Gasteiger partial charge in [0.05, 0.1) is 23.5 Å². The fraction of sp³-hybridized carbons (Fsp3) is 0.286. The molecular formula is C14H12N2O5. The second-order valence-corrected chi connectivity index (χ2v) is 4.89. The SMILES string of the molecule is O=C(CC1CCNC1=O)ON1C(=O)c2ccccc2C1=O. The van der Waals surface area contributed by atoms with Crippen LogP contribution in [0, 0.1) is 5.92 Å². The van der Waals surface area contributed by atoms with Gasteiger partial charge in [0, 0.05) is 6.54 Å². The zero-order valence-corrected chi connectivity index (χ0v) is 11.0. The first-order valence-electron chi connectivity index (χ1n) is 6.54. The van der Waals surface area contributed by atoms with Crippen molar-refractivity contribution in [2.45, 2.75) is 12.8 Å². The highest BCUT2D eigenvalue weighted by Gasteiger charge is 2.39. The minimum atomic E-state index is -0.772. The Labute approximate surface area is 119 Å². The molecule has 3 amide bonds. The van der Waals surface area contributed by atoms with Gasteiger partial charge in [0.15, 0.2) is 0 Å². The molecule has 108 valence electrons. The van der Waals surface area contributed by atoms with Gasteiger partial charge in [-0.2, -0.15) is 0 Å². The number of hydroxylamine groups is 2. The van der Waals surface area contributed by atoms with Crippen molar-refractivity contribution in [2.75, 3.05) is 6.54 Å². The Morgan fingerprint density at radius 1 is 1.19 bits per heavy atom. The molecule has 1 saturated heterocycles. The van der Waals surface area contributed by atoms with Crippen LogP contribution >= 0.6 is 0 Å². The van der Waals surface area contributed by atoms with Crippen LogP contribution in [-0.4, -0.2) is 35.3 Å². The first-order chi connectivity index (χ1) is 10.1. The normalized spacial score (nSPS) is 20.5. The van der Waals surface area contributed by atoms with Crippen LogP contribution in [0.25, 0.3) is 0 Å². The van der Waals surface area contributed by atoms with Crippen molar-refractivity contribution in [3.05, 3.63) is 35.4 Å².